The van der Waals surface area contributed by atoms with Crippen molar-refractivity contribution in [2.24, 2.45) is 5.92 Å². The third kappa shape index (κ3) is 3.22. The minimum absolute atomic E-state index is 0.251. The molecule has 2 nitrogen and oxygen atoms in total. The number of aliphatic hydroxyl groups is 1. The van der Waals surface area contributed by atoms with E-state index in [4.69, 9.17) is 4.74 Å². The molecule has 1 N–H and O–H groups in total. The standard InChI is InChI=1S/C15H21FO2/c1-18-14-8-4-7-12(15(14)16)10-13(17)9-11-5-2-3-6-11/h4,7-8,11,13,17H,2-3,5-6,9-10H2,1H3. The van der Waals surface area contributed by atoms with Crippen LogP contribution >= 0.6 is 0 Å². The van der Waals surface area contributed by atoms with Crippen molar-refractivity contribution in [1.82, 2.24) is 0 Å². The zero-order chi connectivity index (χ0) is 13.0. The van der Waals surface area contributed by atoms with Crippen molar-refractivity contribution in [3.63, 3.8) is 0 Å². The number of hydrogen-bond acceptors (Lipinski definition) is 2. The molecule has 1 aliphatic carbocycles. The molecule has 1 aliphatic rings. The van der Waals surface area contributed by atoms with Gasteiger partial charge in [0.15, 0.2) is 11.6 Å². The van der Waals surface area contributed by atoms with Gasteiger partial charge in [-0.05, 0) is 24.0 Å². The Bertz CT molecular complexity index is 386. The summed E-state index contributed by atoms with van der Waals surface area (Å²) in [5, 5.41) is 10.0. The van der Waals surface area contributed by atoms with Gasteiger partial charge in [0.25, 0.3) is 0 Å². The van der Waals surface area contributed by atoms with Gasteiger partial charge in [-0.2, -0.15) is 0 Å². The molecular formula is C15H21FO2. The summed E-state index contributed by atoms with van der Waals surface area (Å²) < 4.78 is 18.9. The lowest BCUT2D eigenvalue weighted by Gasteiger charge is -2.16. The molecule has 100 valence electrons. The average Bonchev–Trinajstić information content (AvgIpc) is 2.84. The van der Waals surface area contributed by atoms with Gasteiger partial charge in [-0.1, -0.05) is 37.8 Å². The van der Waals surface area contributed by atoms with Gasteiger partial charge in [0.05, 0.1) is 13.2 Å². The molecule has 1 fully saturated rings. The number of aliphatic hydroxyl groups excluding tert-OH is 1. The number of hydrogen-bond donors (Lipinski definition) is 1. The first-order valence-corrected chi connectivity index (χ1v) is 6.70. The molecule has 1 aromatic carbocycles. The fourth-order valence-electron chi connectivity index (χ4n) is 2.84. The van der Waals surface area contributed by atoms with Crippen LogP contribution in [0.3, 0.4) is 0 Å². The van der Waals surface area contributed by atoms with Crippen LogP contribution in [0.5, 0.6) is 5.75 Å². The molecule has 1 aromatic rings. The topological polar surface area (TPSA) is 29.5 Å². The van der Waals surface area contributed by atoms with Crippen LogP contribution in [-0.2, 0) is 6.42 Å². The maximum Gasteiger partial charge on any atom is 0.168 e. The van der Waals surface area contributed by atoms with E-state index < -0.39 is 6.10 Å². The van der Waals surface area contributed by atoms with Crippen LogP contribution in [-0.4, -0.2) is 18.3 Å². The van der Waals surface area contributed by atoms with E-state index >= 15 is 0 Å². The first kappa shape index (κ1) is 13.3. The summed E-state index contributed by atoms with van der Waals surface area (Å²) >= 11 is 0. The zero-order valence-corrected chi connectivity index (χ0v) is 10.9. The second-order valence-corrected chi connectivity index (χ2v) is 5.18. The molecule has 0 aliphatic heterocycles. The van der Waals surface area contributed by atoms with E-state index in [-0.39, 0.29) is 11.6 Å². The van der Waals surface area contributed by atoms with Gasteiger partial charge >= 0.3 is 0 Å². The first-order valence-electron chi connectivity index (χ1n) is 6.70. The van der Waals surface area contributed by atoms with Crippen molar-refractivity contribution in [3.8, 4) is 5.75 Å². The van der Waals surface area contributed by atoms with Gasteiger partial charge in [-0.15, -0.1) is 0 Å². The molecule has 3 heteroatoms. The highest BCUT2D eigenvalue weighted by molar-refractivity contribution is 5.31. The third-order valence-corrected chi connectivity index (χ3v) is 3.80. The first-order chi connectivity index (χ1) is 8.70. The van der Waals surface area contributed by atoms with Gasteiger partial charge in [-0.25, -0.2) is 4.39 Å². The summed E-state index contributed by atoms with van der Waals surface area (Å²) in [5.41, 5.74) is 0.542. The second kappa shape index (κ2) is 6.19. The van der Waals surface area contributed by atoms with E-state index in [1.807, 2.05) is 0 Å². The van der Waals surface area contributed by atoms with Crippen LogP contribution < -0.4 is 4.74 Å². The molecule has 0 heterocycles. The molecule has 0 saturated heterocycles. The lowest BCUT2D eigenvalue weighted by atomic mass is 9.96. The van der Waals surface area contributed by atoms with E-state index in [2.05, 4.69) is 0 Å². The second-order valence-electron chi connectivity index (χ2n) is 5.18. The summed E-state index contributed by atoms with van der Waals surface area (Å²) in [6, 6.07) is 5.08. The predicted octanol–water partition coefficient (Wildman–Crippen LogP) is 3.32. The molecule has 0 bridgehead atoms. The fraction of sp³-hybridized carbons (Fsp3) is 0.600. The SMILES string of the molecule is COc1cccc(CC(O)CC2CCCC2)c1F. The molecule has 1 atom stereocenters. The minimum atomic E-state index is -0.449. The van der Waals surface area contributed by atoms with E-state index in [1.165, 1.54) is 32.8 Å². The lowest BCUT2D eigenvalue weighted by molar-refractivity contribution is 0.142. The largest absolute Gasteiger partial charge is 0.494 e. The summed E-state index contributed by atoms with van der Waals surface area (Å²) in [7, 11) is 1.46. The summed E-state index contributed by atoms with van der Waals surface area (Å²) in [4.78, 5) is 0. The molecule has 18 heavy (non-hydrogen) atoms. The number of halogens is 1. The fourth-order valence-corrected chi connectivity index (χ4v) is 2.84. The Morgan fingerprint density at radius 2 is 2.11 bits per heavy atom. The number of ether oxygens (including phenoxy) is 1. The highest BCUT2D eigenvalue weighted by Crippen LogP contribution is 2.30. The molecule has 0 aromatic heterocycles. The normalized spacial score (nSPS) is 17.9. The monoisotopic (exact) mass is 252 g/mol. The van der Waals surface area contributed by atoms with E-state index in [1.54, 1.807) is 18.2 Å². The third-order valence-electron chi connectivity index (χ3n) is 3.80. The maximum atomic E-state index is 13.9. The Morgan fingerprint density at radius 3 is 2.78 bits per heavy atom. The molecule has 1 saturated carbocycles. The minimum Gasteiger partial charge on any atom is -0.494 e. The van der Waals surface area contributed by atoms with Crippen molar-refractivity contribution >= 4 is 0 Å². The zero-order valence-electron chi connectivity index (χ0n) is 10.9. The number of rotatable bonds is 5. The summed E-state index contributed by atoms with van der Waals surface area (Å²) in [6.07, 6.45) is 5.66. The lowest BCUT2D eigenvalue weighted by Crippen LogP contribution is -2.15. The Hall–Kier alpha value is -1.09. The van der Waals surface area contributed by atoms with E-state index in [0.717, 1.165) is 6.42 Å². The summed E-state index contributed by atoms with van der Waals surface area (Å²) in [5.74, 6) is 0.528. The van der Waals surface area contributed by atoms with Crippen LogP contribution in [0.15, 0.2) is 18.2 Å². The maximum absolute atomic E-state index is 13.9. The van der Waals surface area contributed by atoms with Crippen LogP contribution in [0.1, 0.15) is 37.7 Å². The molecule has 2 rings (SSSR count). The van der Waals surface area contributed by atoms with E-state index in [9.17, 15) is 9.50 Å². The van der Waals surface area contributed by atoms with Crippen molar-refractivity contribution in [2.75, 3.05) is 7.11 Å². The highest BCUT2D eigenvalue weighted by atomic mass is 19.1. The van der Waals surface area contributed by atoms with Crippen molar-refractivity contribution in [2.45, 2.75) is 44.6 Å². The van der Waals surface area contributed by atoms with E-state index in [0.29, 0.717) is 17.9 Å². The Labute approximate surface area is 108 Å². The van der Waals surface area contributed by atoms with Crippen molar-refractivity contribution in [3.05, 3.63) is 29.6 Å². The van der Waals surface area contributed by atoms with Crippen LogP contribution in [0.4, 0.5) is 4.39 Å². The highest BCUT2D eigenvalue weighted by Gasteiger charge is 2.20. The predicted molar refractivity (Wildman–Crippen MR) is 69.2 cm³/mol. The number of methoxy groups -OCH3 is 1. The van der Waals surface area contributed by atoms with Crippen LogP contribution in [0, 0.1) is 11.7 Å². The van der Waals surface area contributed by atoms with Crippen LogP contribution in [0.25, 0.3) is 0 Å². The van der Waals surface area contributed by atoms with Gasteiger partial charge < -0.3 is 9.84 Å². The van der Waals surface area contributed by atoms with Gasteiger partial charge in [0.2, 0.25) is 0 Å². The van der Waals surface area contributed by atoms with Crippen LogP contribution in [0.2, 0.25) is 0 Å². The van der Waals surface area contributed by atoms with Crippen molar-refractivity contribution < 1.29 is 14.2 Å². The Kier molecular flexibility index (Phi) is 4.59. The molecule has 1 unspecified atom stereocenters. The number of benzene rings is 1. The quantitative estimate of drug-likeness (QED) is 0.871. The Morgan fingerprint density at radius 1 is 1.39 bits per heavy atom. The van der Waals surface area contributed by atoms with Gasteiger partial charge in [-0.3, -0.25) is 0 Å². The Balaban J connectivity index is 1.95. The van der Waals surface area contributed by atoms with Gasteiger partial charge in [0, 0.05) is 6.42 Å². The molecule has 0 radical (unpaired) electrons. The van der Waals surface area contributed by atoms with Crippen molar-refractivity contribution in [1.29, 1.82) is 0 Å². The molecule has 0 amide bonds. The molecule has 0 spiro atoms. The van der Waals surface area contributed by atoms with Gasteiger partial charge in [0.1, 0.15) is 0 Å². The summed E-state index contributed by atoms with van der Waals surface area (Å²) in [6.45, 7) is 0. The smallest absolute Gasteiger partial charge is 0.168 e. The molecular weight excluding hydrogens is 231 g/mol. The average molecular weight is 252 g/mol.